The van der Waals surface area contributed by atoms with E-state index in [1.165, 1.54) is 29.7 Å². The molecule has 20 heavy (non-hydrogen) atoms. The fourth-order valence-electron chi connectivity index (χ4n) is 2.73. The lowest BCUT2D eigenvalue weighted by molar-refractivity contribution is 0.648. The normalized spacial score (nSPS) is 14.4. The number of anilines is 1. The Balaban J connectivity index is 1.60. The molecule has 1 aliphatic heterocycles. The number of nitrogens with zero attached hydrogens (tertiary/aromatic N) is 4. The van der Waals surface area contributed by atoms with E-state index in [4.69, 9.17) is 0 Å². The number of rotatable bonds is 4. The van der Waals surface area contributed by atoms with E-state index in [2.05, 4.69) is 45.5 Å². The third-order valence-electron chi connectivity index (χ3n) is 3.75. The molecule has 1 aromatic heterocycles. The molecule has 5 heteroatoms. The van der Waals surface area contributed by atoms with Crippen LogP contribution in [0.1, 0.15) is 23.4 Å². The minimum atomic E-state index is 0.706. The molecule has 106 valence electrons. The van der Waals surface area contributed by atoms with Gasteiger partial charge in [0.05, 0.1) is 6.54 Å². The second-order valence-electron chi connectivity index (χ2n) is 5.43. The molecule has 2 aromatic rings. The largest absolute Gasteiger partial charge is 0.374 e. The highest BCUT2D eigenvalue weighted by Crippen LogP contribution is 2.26. The van der Waals surface area contributed by atoms with Crippen molar-refractivity contribution >= 4 is 5.69 Å². The number of fused-ring (bicyclic) bond motifs is 1. The average Bonchev–Trinajstić information content (AvgIpc) is 2.85. The maximum atomic E-state index is 4.26. The van der Waals surface area contributed by atoms with E-state index >= 15 is 0 Å². The Morgan fingerprint density at radius 3 is 2.95 bits per heavy atom. The first kappa shape index (κ1) is 13.1. The van der Waals surface area contributed by atoms with Gasteiger partial charge in [-0.1, -0.05) is 12.1 Å². The second-order valence-corrected chi connectivity index (χ2v) is 5.43. The first-order valence-corrected chi connectivity index (χ1v) is 7.10. The van der Waals surface area contributed by atoms with E-state index in [1.807, 2.05) is 7.05 Å². The van der Waals surface area contributed by atoms with Crippen molar-refractivity contribution in [3.8, 4) is 0 Å². The molecule has 0 saturated heterocycles. The molecule has 0 radical (unpaired) electrons. The van der Waals surface area contributed by atoms with Crippen LogP contribution in [0.4, 0.5) is 5.69 Å². The summed E-state index contributed by atoms with van der Waals surface area (Å²) in [5.74, 6) is 0.838. The Morgan fingerprint density at radius 1 is 1.25 bits per heavy atom. The lowest BCUT2D eigenvalue weighted by atomic mass is 9.99. The van der Waals surface area contributed by atoms with Gasteiger partial charge in [0.25, 0.3) is 0 Å². The predicted octanol–water partition coefficient (Wildman–Crippen LogP) is 1.49. The zero-order chi connectivity index (χ0) is 13.9. The van der Waals surface area contributed by atoms with Crippen LogP contribution in [0.2, 0.25) is 0 Å². The van der Waals surface area contributed by atoms with Gasteiger partial charge >= 0.3 is 0 Å². The minimum absolute atomic E-state index is 0.706. The van der Waals surface area contributed by atoms with E-state index in [-0.39, 0.29) is 0 Å². The van der Waals surface area contributed by atoms with Crippen molar-refractivity contribution in [3.05, 3.63) is 41.5 Å². The van der Waals surface area contributed by atoms with Gasteiger partial charge in [-0.05, 0) is 30.0 Å². The third-order valence-corrected chi connectivity index (χ3v) is 3.75. The molecule has 1 aliphatic rings. The van der Waals surface area contributed by atoms with Crippen molar-refractivity contribution in [2.24, 2.45) is 7.05 Å². The van der Waals surface area contributed by atoms with Crippen LogP contribution in [0.5, 0.6) is 0 Å². The van der Waals surface area contributed by atoms with Crippen LogP contribution in [0.25, 0.3) is 0 Å². The van der Waals surface area contributed by atoms with Crippen LogP contribution in [-0.2, 0) is 26.6 Å². The van der Waals surface area contributed by atoms with Crippen LogP contribution >= 0.6 is 0 Å². The van der Waals surface area contributed by atoms with E-state index < -0.39 is 0 Å². The monoisotopic (exact) mass is 271 g/mol. The van der Waals surface area contributed by atoms with Gasteiger partial charge < -0.3 is 10.2 Å². The molecular weight excluding hydrogens is 250 g/mol. The van der Waals surface area contributed by atoms with E-state index in [0.29, 0.717) is 6.54 Å². The molecule has 0 bridgehead atoms. The van der Waals surface area contributed by atoms with E-state index in [1.54, 1.807) is 11.0 Å². The summed E-state index contributed by atoms with van der Waals surface area (Å²) in [6.07, 6.45) is 4.17. The molecular formula is C15H21N5. The van der Waals surface area contributed by atoms with Gasteiger partial charge in [-0.3, -0.25) is 4.68 Å². The summed E-state index contributed by atoms with van der Waals surface area (Å²) in [5.41, 5.74) is 4.18. The molecule has 0 unspecified atom stereocenters. The van der Waals surface area contributed by atoms with Crippen molar-refractivity contribution in [1.82, 2.24) is 20.1 Å². The van der Waals surface area contributed by atoms with Crippen LogP contribution < -0.4 is 10.2 Å². The Labute approximate surface area is 119 Å². The summed E-state index contributed by atoms with van der Waals surface area (Å²) >= 11 is 0. The number of hydrogen-bond acceptors (Lipinski definition) is 4. The smallest absolute Gasteiger partial charge is 0.164 e. The predicted molar refractivity (Wildman–Crippen MR) is 79.6 cm³/mol. The number of aryl methyl sites for hydroxylation is 2. The first-order valence-electron chi connectivity index (χ1n) is 7.10. The number of nitrogens with one attached hydrogen (secondary N) is 1. The van der Waals surface area contributed by atoms with Gasteiger partial charge in [0.1, 0.15) is 6.33 Å². The molecule has 1 N–H and O–H groups in total. The first-order chi connectivity index (χ1) is 9.72. The van der Waals surface area contributed by atoms with Gasteiger partial charge in [0, 0.05) is 32.9 Å². The second kappa shape index (κ2) is 5.63. The zero-order valence-electron chi connectivity index (χ0n) is 12.1. The summed E-state index contributed by atoms with van der Waals surface area (Å²) < 4.78 is 1.73. The maximum absolute atomic E-state index is 4.26. The molecule has 0 atom stereocenters. The van der Waals surface area contributed by atoms with Crippen LogP contribution in [0, 0.1) is 0 Å². The SMILES string of the molecule is CN1CCCc2cc(CNCc3ncn(C)n3)ccc21. The quantitative estimate of drug-likeness (QED) is 0.915. The summed E-state index contributed by atoms with van der Waals surface area (Å²) in [6.45, 7) is 2.73. The summed E-state index contributed by atoms with van der Waals surface area (Å²) in [7, 11) is 4.05. The maximum Gasteiger partial charge on any atom is 0.164 e. The molecule has 0 fully saturated rings. The van der Waals surface area contributed by atoms with E-state index in [9.17, 15) is 0 Å². The van der Waals surface area contributed by atoms with Gasteiger partial charge in [0.15, 0.2) is 5.82 Å². The van der Waals surface area contributed by atoms with Crippen molar-refractivity contribution in [2.75, 3.05) is 18.5 Å². The van der Waals surface area contributed by atoms with Gasteiger partial charge in [-0.25, -0.2) is 4.98 Å². The Kier molecular flexibility index (Phi) is 3.69. The highest BCUT2D eigenvalue weighted by atomic mass is 15.3. The number of aromatic nitrogens is 3. The Hall–Kier alpha value is -1.88. The highest BCUT2D eigenvalue weighted by Gasteiger charge is 2.13. The van der Waals surface area contributed by atoms with Gasteiger partial charge in [0.2, 0.25) is 0 Å². The van der Waals surface area contributed by atoms with Crippen molar-refractivity contribution < 1.29 is 0 Å². The van der Waals surface area contributed by atoms with Crippen molar-refractivity contribution in [3.63, 3.8) is 0 Å². The fourth-order valence-corrected chi connectivity index (χ4v) is 2.73. The van der Waals surface area contributed by atoms with Crippen LogP contribution in [0.15, 0.2) is 24.5 Å². The topological polar surface area (TPSA) is 46.0 Å². The number of hydrogen-bond donors (Lipinski definition) is 1. The molecule has 3 rings (SSSR count). The zero-order valence-corrected chi connectivity index (χ0v) is 12.1. The molecule has 0 amide bonds. The van der Waals surface area contributed by atoms with Gasteiger partial charge in [-0.2, -0.15) is 5.10 Å². The summed E-state index contributed by atoms with van der Waals surface area (Å²) in [4.78, 5) is 6.55. The van der Waals surface area contributed by atoms with Crippen molar-refractivity contribution in [2.45, 2.75) is 25.9 Å². The highest BCUT2D eigenvalue weighted by molar-refractivity contribution is 5.56. The van der Waals surface area contributed by atoms with Crippen LogP contribution in [-0.4, -0.2) is 28.4 Å². The molecule has 0 spiro atoms. The third kappa shape index (κ3) is 2.82. The molecule has 5 nitrogen and oxygen atoms in total. The fraction of sp³-hybridized carbons (Fsp3) is 0.467. The lowest BCUT2D eigenvalue weighted by Crippen LogP contribution is -2.24. The average molecular weight is 271 g/mol. The molecule has 0 aliphatic carbocycles. The van der Waals surface area contributed by atoms with E-state index in [0.717, 1.165) is 18.9 Å². The summed E-state index contributed by atoms with van der Waals surface area (Å²) in [6, 6.07) is 6.77. The number of benzene rings is 1. The summed E-state index contributed by atoms with van der Waals surface area (Å²) in [5, 5.41) is 7.66. The van der Waals surface area contributed by atoms with Crippen LogP contribution in [0.3, 0.4) is 0 Å². The van der Waals surface area contributed by atoms with Crippen molar-refractivity contribution in [1.29, 1.82) is 0 Å². The minimum Gasteiger partial charge on any atom is -0.374 e. The Morgan fingerprint density at radius 2 is 2.15 bits per heavy atom. The standard InChI is InChI=1S/C15H21N5/c1-19-7-3-4-13-8-12(5-6-14(13)19)9-16-10-15-17-11-20(2)18-15/h5-6,8,11,16H,3-4,7,9-10H2,1-2H3. The Bertz CT molecular complexity index is 590. The molecule has 1 aromatic carbocycles. The molecule has 0 saturated carbocycles. The van der Waals surface area contributed by atoms with Gasteiger partial charge in [-0.15, -0.1) is 0 Å². The molecule has 2 heterocycles. The lowest BCUT2D eigenvalue weighted by Gasteiger charge is -2.27.